The van der Waals surface area contributed by atoms with Gasteiger partial charge < -0.3 is 18.9 Å². The van der Waals surface area contributed by atoms with E-state index in [0.717, 1.165) is 20.9 Å². The molecule has 0 bridgehead atoms. The molecule has 0 N–H and O–H groups in total. The number of amides is 4. The Labute approximate surface area is 226 Å². The topological polar surface area (TPSA) is 112 Å². The van der Waals surface area contributed by atoms with Crippen molar-refractivity contribution in [2.75, 3.05) is 36.2 Å². The lowest BCUT2D eigenvalue weighted by molar-refractivity contribution is -0.121. The molecule has 0 aliphatic carbocycles. The van der Waals surface area contributed by atoms with Crippen molar-refractivity contribution in [3.63, 3.8) is 0 Å². The van der Waals surface area contributed by atoms with Crippen molar-refractivity contribution in [1.29, 1.82) is 0 Å². The molecule has 2 heterocycles. The molecule has 0 atom stereocenters. The molecular formula is C29H30N2O8. The van der Waals surface area contributed by atoms with Gasteiger partial charge >= 0.3 is 0 Å². The molecule has 4 rings (SSSR count). The molecule has 0 fully saturated rings. The highest BCUT2D eigenvalue weighted by molar-refractivity contribution is 6.30. The standard InChI is InChI=1S/C29H30N2O8/c1-5-36-20-14-18(15-21(37-6-2)28(20)30-24(32)9-10-25(30)33)13-19-16-22(38-7-3)29(23(17-19)39-8-4)31-26(34)11-12-27(31)35/h9-12,14-17H,5-8,13H2,1-4H3. The van der Waals surface area contributed by atoms with Gasteiger partial charge in [0.15, 0.2) is 0 Å². The number of nitrogens with zero attached hydrogens (tertiary/aromatic N) is 2. The van der Waals surface area contributed by atoms with Crippen LogP contribution >= 0.6 is 0 Å². The van der Waals surface area contributed by atoms with Gasteiger partial charge in [0.2, 0.25) is 0 Å². The van der Waals surface area contributed by atoms with Crippen LogP contribution in [0.4, 0.5) is 11.4 Å². The molecule has 2 aliphatic heterocycles. The molecule has 0 aromatic heterocycles. The third kappa shape index (κ3) is 5.50. The molecule has 0 spiro atoms. The van der Waals surface area contributed by atoms with Crippen molar-refractivity contribution in [1.82, 2.24) is 0 Å². The molecule has 2 aliphatic rings. The number of rotatable bonds is 12. The minimum atomic E-state index is -0.478. The fourth-order valence-corrected chi connectivity index (χ4v) is 4.46. The molecular weight excluding hydrogens is 504 g/mol. The Morgan fingerprint density at radius 2 is 0.744 bits per heavy atom. The number of hydrogen-bond donors (Lipinski definition) is 0. The van der Waals surface area contributed by atoms with E-state index in [1.807, 2.05) is 0 Å². The Kier molecular flexibility index (Phi) is 8.33. The van der Waals surface area contributed by atoms with Crippen molar-refractivity contribution in [3.8, 4) is 23.0 Å². The van der Waals surface area contributed by atoms with Crippen LogP contribution < -0.4 is 28.7 Å². The molecule has 0 radical (unpaired) electrons. The van der Waals surface area contributed by atoms with Crippen molar-refractivity contribution in [3.05, 3.63) is 59.7 Å². The van der Waals surface area contributed by atoms with E-state index in [0.29, 0.717) is 55.8 Å². The molecule has 0 saturated heterocycles. The first-order chi connectivity index (χ1) is 18.8. The van der Waals surface area contributed by atoms with Gasteiger partial charge in [-0.15, -0.1) is 0 Å². The van der Waals surface area contributed by atoms with Gasteiger partial charge in [0.05, 0.1) is 26.4 Å². The van der Waals surface area contributed by atoms with Crippen LogP contribution in [0.1, 0.15) is 38.8 Å². The summed E-state index contributed by atoms with van der Waals surface area (Å²) in [6.45, 7) is 8.43. The molecule has 39 heavy (non-hydrogen) atoms. The van der Waals surface area contributed by atoms with E-state index in [1.54, 1.807) is 52.0 Å². The maximum atomic E-state index is 12.5. The van der Waals surface area contributed by atoms with Crippen LogP contribution in [-0.2, 0) is 25.6 Å². The zero-order chi connectivity index (χ0) is 28.1. The first-order valence-electron chi connectivity index (χ1n) is 12.8. The second kappa shape index (κ2) is 11.8. The highest BCUT2D eigenvalue weighted by atomic mass is 16.5. The normalized spacial score (nSPS) is 14.6. The van der Waals surface area contributed by atoms with Crippen LogP contribution in [0.2, 0.25) is 0 Å². The lowest BCUT2D eigenvalue weighted by atomic mass is 10.0. The number of hydrogen-bond acceptors (Lipinski definition) is 8. The third-order valence-electron chi connectivity index (χ3n) is 5.87. The Bertz CT molecular complexity index is 1180. The second-order valence-corrected chi connectivity index (χ2v) is 8.48. The van der Waals surface area contributed by atoms with Gasteiger partial charge in [-0.2, -0.15) is 0 Å². The average Bonchev–Trinajstić information content (AvgIpc) is 3.40. The van der Waals surface area contributed by atoms with Gasteiger partial charge in [0.1, 0.15) is 34.4 Å². The van der Waals surface area contributed by atoms with E-state index >= 15 is 0 Å². The van der Waals surface area contributed by atoms with Crippen LogP contribution in [0, 0.1) is 0 Å². The Hall–Kier alpha value is -4.60. The minimum Gasteiger partial charge on any atom is -0.492 e. The summed E-state index contributed by atoms with van der Waals surface area (Å²) >= 11 is 0. The number of ether oxygens (including phenoxy) is 4. The zero-order valence-electron chi connectivity index (χ0n) is 22.3. The summed E-state index contributed by atoms with van der Waals surface area (Å²) in [5, 5.41) is 0. The van der Waals surface area contributed by atoms with Gasteiger partial charge in [0, 0.05) is 24.3 Å². The fourth-order valence-electron chi connectivity index (χ4n) is 4.46. The molecule has 4 amide bonds. The number of carbonyl (C=O) groups excluding carboxylic acids is 4. The van der Waals surface area contributed by atoms with Crippen molar-refractivity contribution in [2.24, 2.45) is 0 Å². The molecule has 10 nitrogen and oxygen atoms in total. The molecule has 0 unspecified atom stereocenters. The predicted molar refractivity (Wildman–Crippen MR) is 144 cm³/mol. The average molecular weight is 535 g/mol. The lowest BCUT2D eigenvalue weighted by Gasteiger charge is -2.24. The minimum absolute atomic E-state index is 0.251. The van der Waals surface area contributed by atoms with E-state index in [9.17, 15) is 19.2 Å². The van der Waals surface area contributed by atoms with E-state index in [2.05, 4.69) is 0 Å². The van der Waals surface area contributed by atoms with E-state index in [4.69, 9.17) is 18.9 Å². The Balaban J connectivity index is 1.80. The number of benzene rings is 2. The van der Waals surface area contributed by atoms with Gasteiger partial charge in [-0.25, -0.2) is 9.80 Å². The molecule has 0 saturated carbocycles. The van der Waals surface area contributed by atoms with Crippen molar-refractivity contribution in [2.45, 2.75) is 34.1 Å². The van der Waals surface area contributed by atoms with E-state index < -0.39 is 23.6 Å². The van der Waals surface area contributed by atoms with Gasteiger partial charge in [-0.3, -0.25) is 19.2 Å². The van der Waals surface area contributed by atoms with E-state index in [-0.39, 0.29) is 11.4 Å². The first kappa shape index (κ1) is 27.4. The second-order valence-electron chi connectivity index (χ2n) is 8.48. The third-order valence-corrected chi connectivity index (χ3v) is 5.87. The number of imide groups is 2. The van der Waals surface area contributed by atoms with Crippen LogP contribution in [-0.4, -0.2) is 50.1 Å². The maximum absolute atomic E-state index is 12.5. The quantitative estimate of drug-likeness (QED) is 0.379. The van der Waals surface area contributed by atoms with Crippen molar-refractivity contribution < 1.29 is 38.1 Å². The first-order valence-corrected chi connectivity index (χ1v) is 12.8. The van der Waals surface area contributed by atoms with Crippen molar-refractivity contribution >= 4 is 35.0 Å². The summed E-state index contributed by atoms with van der Waals surface area (Å²) in [6.07, 6.45) is 5.19. The Morgan fingerprint density at radius 1 is 0.487 bits per heavy atom. The Morgan fingerprint density at radius 3 is 0.974 bits per heavy atom. The summed E-state index contributed by atoms with van der Waals surface area (Å²) in [5.41, 5.74) is 2.04. The van der Waals surface area contributed by atoms with Gasteiger partial charge in [-0.1, -0.05) is 0 Å². The summed E-state index contributed by atoms with van der Waals surface area (Å²) in [7, 11) is 0. The molecule has 2 aromatic carbocycles. The van der Waals surface area contributed by atoms with E-state index in [1.165, 1.54) is 24.3 Å². The summed E-state index contributed by atoms with van der Waals surface area (Å²) < 4.78 is 23.4. The molecule has 2 aromatic rings. The van der Waals surface area contributed by atoms with Crippen LogP contribution in [0.25, 0.3) is 0 Å². The monoisotopic (exact) mass is 534 g/mol. The lowest BCUT2D eigenvalue weighted by Crippen LogP contribution is -2.30. The van der Waals surface area contributed by atoms with Crippen LogP contribution in [0.3, 0.4) is 0 Å². The van der Waals surface area contributed by atoms with Crippen LogP contribution in [0.5, 0.6) is 23.0 Å². The van der Waals surface area contributed by atoms with Gasteiger partial charge in [-0.05, 0) is 69.5 Å². The number of anilines is 2. The largest absolute Gasteiger partial charge is 0.492 e. The highest BCUT2D eigenvalue weighted by Gasteiger charge is 2.33. The summed E-state index contributed by atoms with van der Waals surface area (Å²) in [5.74, 6) is -0.599. The molecule has 204 valence electrons. The molecule has 10 heteroatoms. The van der Waals surface area contributed by atoms with Gasteiger partial charge in [0.25, 0.3) is 23.6 Å². The summed E-state index contributed by atoms with van der Waals surface area (Å²) in [4.78, 5) is 52.0. The zero-order valence-corrected chi connectivity index (χ0v) is 22.3. The predicted octanol–water partition coefficient (Wildman–Crippen LogP) is 3.73. The summed E-state index contributed by atoms with van der Waals surface area (Å²) in [6, 6.07) is 7.02. The highest BCUT2D eigenvalue weighted by Crippen LogP contribution is 2.44. The SMILES string of the molecule is CCOc1cc(Cc2cc(OCC)c(N3C(=O)C=CC3=O)c(OCC)c2)cc(OCC)c1N1C(=O)C=CC1=O. The fraction of sp³-hybridized carbons (Fsp3) is 0.310. The smallest absolute Gasteiger partial charge is 0.258 e. The number of carbonyl (C=O) groups is 4. The van der Waals surface area contributed by atoms with Crippen LogP contribution in [0.15, 0.2) is 48.6 Å². The maximum Gasteiger partial charge on any atom is 0.258 e.